The molecule has 0 saturated heterocycles. The molecule has 1 atom stereocenters. The van der Waals surface area contributed by atoms with Gasteiger partial charge in [0.25, 0.3) is 0 Å². The maximum Gasteiger partial charge on any atom is 0.104 e. The summed E-state index contributed by atoms with van der Waals surface area (Å²) >= 11 is 3.37. The molecule has 0 N–H and O–H groups in total. The van der Waals surface area contributed by atoms with Gasteiger partial charge in [0.05, 0.1) is 5.69 Å². The summed E-state index contributed by atoms with van der Waals surface area (Å²) in [4.78, 5) is 0. The molecule has 0 spiro atoms. The van der Waals surface area contributed by atoms with Crippen LogP contribution in [0.1, 0.15) is 26.0 Å². The molecular formula is C7H12N2S2. The van der Waals surface area contributed by atoms with Crippen LogP contribution >= 0.6 is 23.3 Å². The Balaban J connectivity index is 2.56. The third kappa shape index (κ3) is 2.45. The fourth-order valence-corrected chi connectivity index (χ4v) is 2.52. The van der Waals surface area contributed by atoms with E-state index in [0.717, 1.165) is 5.69 Å². The van der Waals surface area contributed by atoms with E-state index >= 15 is 0 Å². The minimum Gasteiger partial charge on any atom is -0.142 e. The molecule has 1 aromatic heterocycles. The number of hydrogen-bond donors (Lipinski definition) is 0. The van der Waals surface area contributed by atoms with Gasteiger partial charge in [-0.2, -0.15) is 0 Å². The van der Waals surface area contributed by atoms with E-state index in [1.54, 1.807) is 0 Å². The van der Waals surface area contributed by atoms with Gasteiger partial charge in [0.2, 0.25) is 0 Å². The molecule has 2 nitrogen and oxygen atoms in total. The van der Waals surface area contributed by atoms with E-state index in [2.05, 4.69) is 23.4 Å². The molecule has 0 fully saturated rings. The highest BCUT2D eigenvalue weighted by Crippen LogP contribution is 2.29. The van der Waals surface area contributed by atoms with Gasteiger partial charge in [0.1, 0.15) is 4.21 Å². The Morgan fingerprint density at radius 3 is 2.82 bits per heavy atom. The molecule has 11 heavy (non-hydrogen) atoms. The lowest BCUT2D eigenvalue weighted by Gasteiger charge is -2.04. The van der Waals surface area contributed by atoms with Gasteiger partial charge in [-0.25, -0.2) is 0 Å². The van der Waals surface area contributed by atoms with Gasteiger partial charge < -0.3 is 0 Å². The molecule has 0 radical (unpaired) electrons. The Morgan fingerprint density at radius 2 is 2.36 bits per heavy atom. The number of aromatic nitrogens is 2. The molecule has 1 heterocycles. The minimum atomic E-state index is 0.677. The topological polar surface area (TPSA) is 25.8 Å². The lowest BCUT2D eigenvalue weighted by molar-refractivity contribution is 0.905. The number of nitrogens with zero attached hydrogens (tertiary/aromatic N) is 2. The van der Waals surface area contributed by atoms with E-state index in [9.17, 15) is 0 Å². The van der Waals surface area contributed by atoms with Gasteiger partial charge in [0, 0.05) is 5.25 Å². The van der Waals surface area contributed by atoms with Crippen molar-refractivity contribution in [3.05, 3.63) is 5.69 Å². The number of rotatable bonds is 3. The monoisotopic (exact) mass is 188 g/mol. The second-order valence-electron chi connectivity index (χ2n) is 2.48. The molecular weight excluding hydrogens is 176 g/mol. The predicted molar refractivity (Wildman–Crippen MR) is 50.3 cm³/mol. The fourth-order valence-electron chi connectivity index (χ4n) is 0.598. The van der Waals surface area contributed by atoms with E-state index in [-0.39, 0.29) is 0 Å². The highest BCUT2D eigenvalue weighted by molar-refractivity contribution is 8.01. The van der Waals surface area contributed by atoms with Crippen LogP contribution in [0.4, 0.5) is 0 Å². The number of thioether (sulfide) groups is 1. The van der Waals surface area contributed by atoms with Crippen LogP contribution in [0.3, 0.4) is 0 Å². The molecule has 0 aliphatic carbocycles. The predicted octanol–water partition coefficient (Wildman–Crippen LogP) is 2.74. The lowest BCUT2D eigenvalue weighted by atomic mass is 10.4. The van der Waals surface area contributed by atoms with Gasteiger partial charge in [-0.1, -0.05) is 18.3 Å². The van der Waals surface area contributed by atoms with Crippen molar-refractivity contribution in [2.75, 3.05) is 0 Å². The molecule has 0 saturated carbocycles. The van der Waals surface area contributed by atoms with E-state index in [0.29, 0.717) is 5.25 Å². The zero-order valence-electron chi connectivity index (χ0n) is 7.00. The molecule has 0 bridgehead atoms. The van der Waals surface area contributed by atoms with E-state index < -0.39 is 0 Å². The third-order valence-electron chi connectivity index (χ3n) is 1.49. The quantitative estimate of drug-likeness (QED) is 0.682. The molecule has 4 heteroatoms. The summed E-state index contributed by atoms with van der Waals surface area (Å²) < 4.78 is 5.14. The Labute approximate surface area is 75.6 Å². The highest BCUT2D eigenvalue weighted by Gasteiger charge is 2.07. The summed E-state index contributed by atoms with van der Waals surface area (Å²) in [7, 11) is 0. The summed E-state index contributed by atoms with van der Waals surface area (Å²) in [6.45, 7) is 6.43. The summed E-state index contributed by atoms with van der Waals surface area (Å²) in [5.41, 5.74) is 1.07. The second-order valence-corrected chi connectivity index (χ2v) is 4.94. The van der Waals surface area contributed by atoms with Crippen LogP contribution in [-0.2, 0) is 0 Å². The zero-order valence-corrected chi connectivity index (χ0v) is 8.63. The van der Waals surface area contributed by atoms with Gasteiger partial charge >= 0.3 is 0 Å². The van der Waals surface area contributed by atoms with E-state index in [4.69, 9.17) is 0 Å². The largest absolute Gasteiger partial charge is 0.142 e. The fraction of sp³-hybridized carbons (Fsp3) is 0.714. The van der Waals surface area contributed by atoms with Gasteiger partial charge in [-0.3, -0.25) is 0 Å². The van der Waals surface area contributed by atoms with E-state index in [1.807, 2.05) is 18.7 Å². The van der Waals surface area contributed by atoms with Crippen molar-refractivity contribution in [1.29, 1.82) is 0 Å². The van der Waals surface area contributed by atoms with Crippen molar-refractivity contribution in [1.82, 2.24) is 9.59 Å². The summed E-state index contributed by atoms with van der Waals surface area (Å²) in [6.07, 6.45) is 1.20. The van der Waals surface area contributed by atoms with Crippen molar-refractivity contribution >= 4 is 23.3 Å². The van der Waals surface area contributed by atoms with Crippen molar-refractivity contribution in [3.8, 4) is 0 Å². The maximum atomic E-state index is 3.95. The minimum absolute atomic E-state index is 0.677. The first kappa shape index (κ1) is 9.00. The summed E-state index contributed by atoms with van der Waals surface area (Å²) in [5, 5.41) is 4.63. The van der Waals surface area contributed by atoms with Crippen molar-refractivity contribution in [2.24, 2.45) is 0 Å². The first-order chi connectivity index (χ1) is 5.24. The average Bonchev–Trinajstić information content (AvgIpc) is 2.37. The molecule has 0 amide bonds. The Hall–Kier alpha value is -0.0900. The van der Waals surface area contributed by atoms with Crippen LogP contribution in [0.5, 0.6) is 0 Å². The smallest absolute Gasteiger partial charge is 0.104 e. The SMILES string of the molecule is CCC(C)Sc1snnc1C. The van der Waals surface area contributed by atoms with Crippen LogP contribution in [0.15, 0.2) is 4.21 Å². The Bertz CT molecular complexity index is 222. The van der Waals surface area contributed by atoms with Crippen LogP contribution in [0.25, 0.3) is 0 Å². The second kappa shape index (κ2) is 4.07. The Morgan fingerprint density at radius 1 is 1.64 bits per heavy atom. The molecule has 1 rings (SSSR count). The van der Waals surface area contributed by atoms with Crippen LogP contribution < -0.4 is 0 Å². The number of hydrogen-bond acceptors (Lipinski definition) is 4. The van der Waals surface area contributed by atoms with Crippen molar-refractivity contribution < 1.29 is 0 Å². The van der Waals surface area contributed by atoms with Crippen LogP contribution in [-0.4, -0.2) is 14.8 Å². The normalized spacial score (nSPS) is 13.4. The molecule has 62 valence electrons. The van der Waals surface area contributed by atoms with Crippen LogP contribution in [0, 0.1) is 6.92 Å². The first-order valence-electron chi connectivity index (χ1n) is 3.69. The molecule has 1 aromatic rings. The Kier molecular flexibility index (Phi) is 3.33. The summed E-state index contributed by atoms with van der Waals surface area (Å²) in [5.74, 6) is 0. The van der Waals surface area contributed by atoms with Gasteiger partial charge in [-0.05, 0) is 24.9 Å². The van der Waals surface area contributed by atoms with Crippen molar-refractivity contribution in [2.45, 2.75) is 36.7 Å². The highest BCUT2D eigenvalue weighted by atomic mass is 32.2. The van der Waals surface area contributed by atoms with E-state index in [1.165, 1.54) is 22.2 Å². The summed E-state index contributed by atoms with van der Waals surface area (Å²) in [6, 6.07) is 0. The van der Waals surface area contributed by atoms with Crippen molar-refractivity contribution in [3.63, 3.8) is 0 Å². The zero-order chi connectivity index (χ0) is 8.27. The average molecular weight is 188 g/mol. The molecule has 0 aromatic carbocycles. The first-order valence-corrected chi connectivity index (χ1v) is 5.35. The van der Waals surface area contributed by atoms with Gasteiger partial charge in [0.15, 0.2) is 0 Å². The van der Waals surface area contributed by atoms with Gasteiger partial charge in [-0.15, -0.1) is 16.9 Å². The maximum absolute atomic E-state index is 3.95. The molecule has 1 unspecified atom stereocenters. The third-order valence-corrected chi connectivity index (χ3v) is 3.88. The molecule has 0 aliphatic heterocycles. The van der Waals surface area contributed by atoms with Crippen LogP contribution in [0.2, 0.25) is 0 Å². The standard InChI is InChI=1S/C7H12N2S2/c1-4-5(2)10-7-6(3)8-9-11-7/h5H,4H2,1-3H3. The lowest BCUT2D eigenvalue weighted by Crippen LogP contribution is -1.91. The number of aryl methyl sites for hydroxylation is 1. The molecule has 0 aliphatic rings.